The highest BCUT2D eigenvalue weighted by Crippen LogP contribution is 2.34. The number of rotatable bonds is 7. The average molecular weight is 444 g/mol. The molecule has 0 N–H and O–H groups in total. The van der Waals surface area contributed by atoms with E-state index in [0.717, 1.165) is 34.4 Å². The van der Waals surface area contributed by atoms with E-state index in [2.05, 4.69) is 17.3 Å². The van der Waals surface area contributed by atoms with Gasteiger partial charge in [0.2, 0.25) is 0 Å². The molecule has 0 amide bonds. The SMILES string of the molecule is CCc1cnc(Cl)c2c(COc3cccc(OCc4cccc(Cl)c4)c3)csc12. The smallest absolute Gasteiger partial charge is 0.138 e. The van der Waals surface area contributed by atoms with E-state index in [1.807, 2.05) is 54.7 Å². The topological polar surface area (TPSA) is 31.4 Å². The second-order valence-corrected chi connectivity index (χ2v) is 8.25. The molecule has 6 heteroatoms. The van der Waals surface area contributed by atoms with Gasteiger partial charge in [-0.15, -0.1) is 11.3 Å². The minimum absolute atomic E-state index is 0.423. The molecule has 0 atom stereocenters. The van der Waals surface area contributed by atoms with E-state index in [1.165, 1.54) is 10.3 Å². The Bertz CT molecular complexity index is 1140. The number of nitrogens with zero attached hydrogens (tertiary/aromatic N) is 1. The molecule has 2 aromatic heterocycles. The van der Waals surface area contributed by atoms with Gasteiger partial charge in [-0.25, -0.2) is 4.98 Å². The molecule has 0 saturated carbocycles. The standard InChI is InChI=1S/C23H19Cl2NO2S/c1-2-16-11-26-23(25)21-17(14-29-22(16)21)13-28-20-8-4-7-19(10-20)27-12-15-5-3-6-18(24)9-15/h3-11,14H,2,12-13H2,1H3. The lowest BCUT2D eigenvalue weighted by molar-refractivity contribution is 0.291. The first-order valence-electron chi connectivity index (χ1n) is 9.27. The van der Waals surface area contributed by atoms with Crippen LogP contribution in [0.4, 0.5) is 0 Å². The number of thiophene rings is 1. The third-order valence-electron chi connectivity index (χ3n) is 4.57. The predicted molar refractivity (Wildman–Crippen MR) is 121 cm³/mol. The van der Waals surface area contributed by atoms with Gasteiger partial charge in [0.05, 0.1) is 0 Å². The van der Waals surface area contributed by atoms with Crippen molar-refractivity contribution in [1.29, 1.82) is 0 Å². The first-order valence-corrected chi connectivity index (χ1v) is 10.9. The number of fused-ring (bicyclic) bond motifs is 1. The Morgan fingerprint density at radius 3 is 2.45 bits per heavy atom. The van der Waals surface area contributed by atoms with Crippen molar-refractivity contribution in [2.24, 2.45) is 0 Å². The van der Waals surface area contributed by atoms with Gasteiger partial charge in [0.1, 0.15) is 29.9 Å². The fraction of sp³-hybridized carbons (Fsp3) is 0.174. The molecule has 0 bridgehead atoms. The van der Waals surface area contributed by atoms with Gasteiger partial charge in [-0.1, -0.05) is 48.3 Å². The summed E-state index contributed by atoms with van der Waals surface area (Å²) in [5.74, 6) is 1.48. The zero-order valence-electron chi connectivity index (χ0n) is 15.8. The second kappa shape index (κ2) is 9.04. The zero-order chi connectivity index (χ0) is 20.2. The van der Waals surface area contributed by atoms with Crippen LogP contribution in [-0.2, 0) is 19.6 Å². The number of ether oxygens (including phenoxy) is 2. The van der Waals surface area contributed by atoms with Crippen LogP contribution in [0.3, 0.4) is 0 Å². The number of aryl methyl sites for hydroxylation is 1. The van der Waals surface area contributed by atoms with Crippen molar-refractivity contribution >= 4 is 44.6 Å². The van der Waals surface area contributed by atoms with Crippen molar-refractivity contribution in [3.05, 3.63) is 87.0 Å². The maximum absolute atomic E-state index is 6.36. The largest absolute Gasteiger partial charge is 0.489 e. The Hall–Kier alpha value is -2.27. The average Bonchev–Trinajstić information content (AvgIpc) is 3.17. The van der Waals surface area contributed by atoms with Crippen molar-refractivity contribution < 1.29 is 9.47 Å². The molecule has 0 spiro atoms. The fourth-order valence-corrected chi connectivity index (χ4v) is 4.75. The summed E-state index contributed by atoms with van der Waals surface area (Å²) in [5, 5.41) is 4.31. The monoisotopic (exact) mass is 443 g/mol. The maximum Gasteiger partial charge on any atom is 0.138 e. The van der Waals surface area contributed by atoms with E-state index in [0.29, 0.717) is 23.4 Å². The molecule has 0 aliphatic heterocycles. The minimum atomic E-state index is 0.423. The predicted octanol–water partition coefficient (Wildman–Crippen LogP) is 7.32. The highest BCUT2D eigenvalue weighted by atomic mass is 35.5. The van der Waals surface area contributed by atoms with E-state index in [9.17, 15) is 0 Å². The van der Waals surface area contributed by atoms with Crippen LogP contribution in [0.2, 0.25) is 10.2 Å². The third kappa shape index (κ3) is 4.67. The van der Waals surface area contributed by atoms with E-state index in [-0.39, 0.29) is 0 Å². The summed E-state index contributed by atoms with van der Waals surface area (Å²) >= 11 is 14.1. The lowest BCUT2D eigenvalue weighted by atomic mass is 10.1. The molecule has 0 aliphatic carbocycles. The van der Waals surface area contributed by atoms with Gasteiger partial charge < -0.3 is 9.47 Å². The zero-order valence-corrected chi connectivity index (χ0v) is 18.2. The number of hydrogen-bond acceptors (Lipinski definition) is 4. The molecule has 148 valence electrons. The van der Waals surface area contributed by atoms with Gasteiger partial charge in [0.15, 0.2) is 0 Å². The van der Waals surface area contributed by atoms with E-state index < -0.39 is 0 Å². The van der Waals surface area contributed by atoms with Crippen molar-refractivity contribution in [2.75, 3.05) is 0 Å². The summed E-state index contributed by atoms with van der Waals surface area (Å²) in [6, 6.07) is 15.3. The molecule has 0 saturated heterocycles. The van der Waals surface area contributed by atoms with Crippen LogP contribution in [0.25, 0.3) is 10.1 Å². The Balaban J connectivity index is 1.45. The summed E-state index contributed by atoms with van der Waals surface area (Å²) in [6.45, 7) is 2.99. The van der Waals surface area contributed by atoms with Crippen LogP contribution in [0.5, 0.6) is 11.5 Å². The van der Waals surface area contributed by atoms with Gasteiger partial charge in [-0.2, -0.15) is 0 Å². The summed E-state index contributed by atoms with van der Waals surface area (Å²) < 4.78 is 13.1. The van der Waals surface area contributed by atoms with E-state index in [1.54, 1.807) is 11.3 Å². The molecule has 29 heavy (non-hydrogen) atoms. The minimum Gasteiger partial charge on any atom is -0.489 e. The summed E-state index contributed by atoms with van der Waals surface area (Å²) in [7, 11) is 0. The highest BCUT2D eigenvalue weighted by Gasteiger charge is 2.13. The first-order chi connectivity index (χ1) is 14.1. The van der Waals surface area contributed by atoms with Crippen molar-refractivity contribution in [2.45, 2.75) is 26.6 Å². The third-order valence-corrected chi connectivity index (χ3v) is 6.20. The molecule has 0 aliphatic rings. The molecular weight excluding hydrogens is 425 g/mol. The lowest BCUT2D eigenvalue weighted by Crippen LogP contribution is -1.98. The maximum atomic E-state index is 6.36. The lowest BCUT2D eigenvalue weighted by Gasteiger charge is -2.10. The van der Waals surface area contributed by atoms with Crippen LogP contribution in [-0.4, -0.2) is 4.98 Å². The summed E-state index contributed by atoms with van der Waals surface area (Å²) in [5.41, 5.74) is 3.27. The molecule has 2 heterocycles. The van der Waals surface area contributed by atoms with Crippen molar-refractivity contribution in [3.63, 3.8) is 0 Å². The quantitative estimate of drug-likeness (QED) is 0.280. The molecule has 2 aromatic carbocycles. The Morgan fingerprint density at radius 2 is 1.69 bits per heavy atom. The van der Waals surface area contributed by atoms with Crippen molar-refractivity contribution in [1.82, 2.24) is 4.98 Å². The number of benzene rings is 2. The highest BCUT2D eigenvalue weighted by molar-refractivity contribution is 7.17. The second-order valence-electron chi connectivity index (χ2n) is 6.57. The molecule has 4 aromatic rings. The number of hydrogen-bond donors (Lipinski definition) is 0. The fourth-order valence-electron chi connectivity index (χ4n) is 3.08. The van der Waals surface area contributed by atoms with E-state index in [4.69, 9.17) is 32.7 Å². The summed E-state index contributed by atoms with van der Waals surface area (Å²) in [6.07, 6.45) is 2.78. The van der Waals surface area contributed by atoms with Gasteiger partial charge >= 0.3 is 0 Å². The Kier molecular flexibility index (Phi) is 6.24. The van der Waals surface area contributed by atoms with Crippen LogP contribution in [0.15, 0.2) is 60.1 Å². The molecule has 0 fully saturated rings. The Morgan fingerprint density at radius 1 is 0.931 bits per heavy atom. The normalized spacial score (nSPS) is 11.0. The molecule has 3 nitrogen and oxygen atoms in total. The molecule has 0 unspecified atom stereocenters. The number of halogens is 2. The van der Waals surface area contributed by atoms with Gasteiger partial charge in [-0.05, 0) is 47.2 Å². The van der Waals surface area contributed by atoms with Crippen LogP contribution >= 0.6 is 34.5 Å². The molecule has 0 radical (unpaired) electrons. The van der Waals surface area contributed by atoms with Crippen LogP contribution in [0.1, 0.15) is 23.6 Å². The Labute approximate surface area is 183 Å². The molecule has 4 rings (SSSR count). The van der Waals surface area contributed by atoms with Gasteiger partial charge in [-0.3, -0.25) is 0 Å². The molecular formula is C23H19Cl2NO2S. The van der Waals surface area contributed by atoms with Crippen molar-refractivity contribution in [3.8, 4) is 11.5 Å². The van der Waals surface area contributed by atoms with E-state index >= 15 is 0 Å². The van der Waals surface area contributed by atoms with Crippen LogP contribution in [0, 0.1) is 0 Å². The van der Waals surface area contributed by atoms with Crippen LogP contribution < -0.4 is 9.47 Å². The number of aromatic nitrogens is 1. The summed E-state index contributed by atoms with van der Waals surface area (Å²) in [4.78, 5) is 4.33. The van der Waals surface area contributed by atoms with Gasteiger partial charge in [0, 0.05) is 32.9 Å². The first kappa shape index (κ1) is 20.0. The number of pyridine rings is 1. The van der Waals surface area contributed by atoms with Gasteiger partial charge in [0.25, 0.3) is 0 Å².